The summed E-state index contributed by atoms with van der Waals surface area (Å²) in [5, 5.41) is 1.46. The minimum absolute atomic E-state index is 0.00535. The smallest absolute Gasteiger partial charge is 0.278 e. The van der Waals surface area contributed by atoms with E-state index in [0.29, 0.717) is 12.6 Å². The van der Waals surface area contributed by atoms with Crippen molar-refractivity contribution in [1.29, 1.82) is 0 Å². The molecule has 6 heteroatoms. The number of thioether (sulfide) groups is 1. The van der Waals surface area contributed by atoms with Crippen LogP contribution in [0.4, 0.5) is 0 Å². The van der Waals surface area contributed by atoms with Gasteiger partial charge in [0.1, 0.15) is 11.9 Å². The van der Waals surface area contributed by atoms with Crippen molar-refractivity contribution in [3.63, 3.8) is 0 Å². The molecule has 0 aliphatic carbocycles. The number of hydrogen-bond donors (Lipinski definition) is 1. The first-order valence-corrected chi connectivity index (χ1v) is 11.0. The Morgan fingerprint density at radius 1 is 1.22 bits per heavy atom. The number of rotatable bonds is 6. The molecule has 0 radical (unpaired) electrons. The summed E-state index contributed by atoms with van der Waals surface area (Å²) >= 11 is 14.3. The highest BCUT2D eigenvalue weighted by molar-refractivity contribution is 7.99. The molecular formula is C21H25Cl2N2OS+. The largest absolute Gasteiger partial charge is 0.321 e. The van der Waals surface area contributed by atoms with Gasteiger partial charge in [0, 0.05) is 33.5 Å². The maximum atomic E-state index is 13.1. The monoisotopic (exact) mass is 423 g/mol. The SMILES string of the molecule is CC(C)[NH+](CC(=O)N1CCS[C@H]1c1ccccc1Cl)Cc1cccc(Cl)c1. The molecule has 2 aromatic carbocycles. The fourth-order valence-electron chi connectivity index (χ4n) is 3.33. The molecule has 0 saturated carbocycles. The van der Waals surface area contributed by atoms with Crippen molar-refractivity contribution in [2.75, 3.05) is 18.8 Å². The minimum Gasteiger partial charge on any atom is -0.321 e. The van der Waals surface area contributed by atoms with Crippen LogP contribution in [-0.2, 0) is 11.3 Å². The van der Waals surface area contributed by atoms with Gasteiger partial charge in [-0.25, -0.2) is 0 Å². The van der Waals surface area contributed by atoms with Gasteiger partial charge in [0.15, 0.2) is 6.54 Å². The molecule has 3 nitrogen and oxygen atoms in total. The zero-order chi connectivity index (χ0) is 19.4. The van der Waals surface area contributed by atoms with Crippen molar-refractivity contribution in [2.45, 2.75) is 31.8 Å². The van der Waals surface area contributed by atoms with E-state index in [9.17, 15) is 4.79 Å². The Morgan fingerprint density at radius 3 is 2.70 bits per heavy atom. The molecule has 1 unspecified atom stereocenters. The van der Waals surface area contributed by atoms with Crippen LogP contribution in [0.3, 0.4) is 0 Å². The molecule has 1 aliphatic rings. The maximum Gasteiger partial charge on any atom is 0.278 e. The lowest BCUT2D eigenvalue weighted by atomic mass is 10.1. The molecule has 1 aliphatic heterocycles. The van der Waals surface area contributed by atoms with E-state index in [2.05, 4.69) is 19.9 Å². The van der Waals surface area contributed by atoms with Gasteiger partial charge < -0.3 is 9.80 Å². The molecule has 1 fully saturated rings. The van der Waals surface area contributed by atoms with Crippen molar-refractivity contribution in [3.05, 3.63) is 69.7 Å². The highest BCUT2D eigenvalue weighted by atomic mass is 35.5. The van der Waals surface area contributed by atoms with Crippen LogP contribution in [0.2, 0.25) is 10.0 Å². The van der Waals surface area contributed by atoms with Crippen LogP contribution < -0.4 is 4.90 Å². The summed E-state index contributed by atoms with van der Waals surface area (Å²) in [5.41, 5.74) is 2.17. The predicted octanol–water partition coefficient (Wildman–Crippen LogP) is 4.06. The molecule has 2 aromatic rings. The average molecular weight is 424 g/mol. The topological polar surface area (TPSA) is 24.8 Å². The van der Waals surface area contributed by atoms with Gasteiger partial charge in [-0.05, 0) is 32.0 Å². The van der Waals surface area contributed by atoms with Crippen molar-refractivity contribution in [2.24, 2.45) is 0 Å². The van der Waals surface area contributed by atoms with Crippen molar-refractivity contribution in [3.8, 4) is 0 Å². The van der Waals surface area contributed by atoms with Gasteiger partial charge in [-0.2, -0.15) is 0 Å². The number of amides is 1. The van der Waals surface area contributed by atoms with Gasteiger partial charge >= 0.3 is 0 Å². The molecular weight excluding hydrogens is 399 g/mol. The Balaban J connectivity index is 1.72. The Kier molecular flexibility index (Phi) is 7.10. The number of nitrogens with zero attached hydrogens (tertiary/aromatic N) is 1. The van der Waals surface area contributed by atoms with Gasteiger partial charge in [-0.1, -0.05) is 53.5 Å². The third kappa shape index (κ3) is 5.20. The standard InChI is InChI=1S/C21H24Cl2N2OS/c1-15(2)24(13-16-6-5-7-17(22)12-16)14-20(26)25-10-11-27-21(25)18-8-3-4-9-19(18)23/h3-9,12,15,21H,10-11,13-14H2,1-2H3/p+1/t21-/m0/s1. The Hall–Kier alpha value is -1.20. The van der Waals surface area contributed by atoms with Gasteiger partial charge in [-0.3, -0.25) is 4.79 Å². The third-order valence-corrected chi connectivity index (χ3v) is 6.72. The molecule has 27 heavy (non-hydrogen) atoms. The van der Waals surface area contributed by atoms with E-state index in [1.54, 1.807) is 11.8 Å². The number of quaternary nitrogens is 1. The Labute approximate surface area is 175 Å². The lowest BCUT2D eigenvalue weighted by Crippen LogP contribution is -3.14. The Morgan fingerprint density at radius 2 is 2.00 bits per heavy atom. The molecule has 0 spiro atoms. The van der Waals surface area contributed by atoms with Crippen molar-refractivity contribution in [1.82, 2.24) is 4.90 Å². The number of nitrogens with one attached hydrogen (secondary N) is 1. The van der Waals surface area contributed by atoms with E-state index >= 15 is 0 Å². The van der Waals surface area contributed by atoms with Gasteiger partial charge in [-0.15, -0.1) is 11.8 Å². The Bertz CT molecular complexity index is 799. The number of benzene rings is 2. The summed E-state index contributed by atoms with van der Waals surface area (Å²) in [5.74, 6) is 1.11. The fraction of sp³-hybridized carbons (Fsp3) is 0.381. The molecule has 1 saturated heterocycles. The quantitative estimate of drug-likeness (QED) is 0.757. The normalized spacial score (nSPS) is 18.1. The van der Waals surface area contributed by atoms with Crippen LogP contribution in [0.25, 0.3) is 0 Å². The van der Waals surface area contributed by atoms with E-state index in [1.165, 1.54) is 4.90 Å². The minimum atomic E-state index is 0.00535. The second kappa shape index (κ2) is 9.33. The summed E-state index contributed by atoms with van der Waals surface area (Å²) in [4.78, 5) is 16.3. The number of halogens is 2. The zero-order valence-electron chi connectivity index (χ0n) is 15.6. The molecule has 144 valence electrons. The molecule has 1 heterocycles. The highest BCUT2D eigenvalue weighted by Gasteiger charge is 2.34. The molecule has 1 amide bonds. The summed E-state index contributed by atoms with van der Waals surface area (Å²) < 4.78 is 0. The zero-order valence-corrected chi connectivity index (χ0v) is 17.9. The lowest BCUT2D eigenvalue weighted by molar-refractivity contribution is -0.927. The number of carbonyl (C=O) groups is 1. The number of carbonyl (C=O) groups excluding carboxylic acids is 1. The van der Waals surface area contributed by atoms with E-state index in [1.807, 2.05) is 47.4 Å². The van der Waals surface area contributed by atoms with E-state index in [0.717, 1.165) is 40.0 Å². The maximum absolute atomic E-state index is 13.1. The van der Waals surface area contributed by atoms with Gasteiger partial charge in [0.2, 0.25) is 0 Å². The fourth-order valence-corrected chi connectivity index (χ4v) is 5.16. The summed E-state index contributed by atoms with van der Waals surface area (Å²) in [6, 6.07) is 16.0. The third-order valence-electron chi connectivity index (χ3n) is 4.90. The first-order chi connectivity index (χ1) is 13.0. The molecule has 0 bridgehead atoms. The van der Waals surface area contributed by atoms with E-state index in [4.69, 9.17) is 23.2 Å². The second-order valence-electron chi connectivity index (χ2n) is 7.13. The molecule has 3 rings (SSSR count). The highest BCUT2D eigenvalue weighted by Crippen LogP contribution is 2.40. The van der Waals surface area contributed by atoms with Gasteiger partial charge in [0.05, 0.1) is 6.04 Å². The van der Waals surface area contributed by atoms with Crippen LogP contribution in [0.1, 0.15) is 30.3 Å². The van der Waals surface area contributed by atoms with Gasteiger partial charge in [0.25, 0.3) is 5.91 Å². The summed E-state index contributed by atoms with van der Waals surface area (Å²) in [7, 11) is 0. The average Bonchev–Trinajstić information content (AvgIpc) is 3.11. The molecule has 0 aromatic heterocycles. The molecule has 2 atom stereocenters. The van der Waals surface area contributed by atoms with E-state index < -0.39 is 0 Å². The summed E-state index contributed by atoms with van der Waals surface area (Å²) in [6.45, 7) is 6.31. The first kappa shape index (κ1) is 20.5. The predicted molar refractivity (Wildman–Crippen MR) is 114 cm³/mol. The van der Waals surface area contributed by atoms with Crippen molar-refractivity contribution >= 4 is 40.9 Å². The second-order valence-corrected chi connectivity index (χ2v) is 9.16. The van der Waals surface area contributed by atoms with Crippen LogP contribution in [0, 0.1) is 0 Å². The van der Waals surface area contributed by atoms with Crippen molar-refractivity contribution < 1.29 is 9.69 Å². The van der Waals surface area contributed by atoms with E-state index in [-0.39, 0.29) is 11.3 Å². The number of hydrogen-bond acceptors (Lipinski definition) is 2. The van der Waals surface area contributed by atoms with Crippen LogP contribution in [-0.4, -0.2) is 35.7 Å². The van der Waals surface area contributed by atoms with Crippen LogP contribution in [0.15, 0.2) is 48.5 Å². The molecule has 1 N–H and O–H groups in total. The van der Waals surface area contributed by atoms with Crippen LogP contribution in [0.5, 0.6) is 0 Å². The van der Waals surface area contributed by atoms with Crippen LogP contribution >= 0.6 is 35.0 Å². The lowest BCUT2D eigenvalue weighted by Gasteiger charge is -2.29. The summed E-state index contributed by atoms with van der Waals surface area (Å²) in [6.07, 6.45) is 0. The first-order valence-electron chi connectivity index (χ1n) is 9.20.